The summed E-state index contributed by atoms with van der Waals surface area (Å²) in [5, 5.41) is 0. The van der Waals surface area contributed by atoms with Crippen molar-refractivity contribution in [1.82, 2.24) is 14.9 Å². The van der Waals surface area contributed by atoms with Gasteiger partial charge in [0.25, 0.3) is 0 Å². The maximum atomic E-state index is 11.6. The van der Waals surface area contributed by atoms with Gasteiger partial charge in [0, 0.05) is 25.4 Å². The number of aromatic nitrogens is 2. The average Bonchev–Trinajstić information content (AvgIpc) is 2.81. The maximum Gasteiger partial charge on any atom is 0.316 e. The number of halogens is 1. The quantitative estimate of drug-likeness (QED) is 0.799. The number of nitrogens with zero attached hydrogens (tertiary/aromatic N) is 3. The molecule has 0 saturated carbocycles. The van der Waals surface area contributed by atoms with Crippen molar-refractivity contribution in [3.63, 3.8) is 0 Å². The standard InChI is InChI=1S/C12H14BrN3O2/c1-2-3-11(17)16-5-4-10(8-16)18-12-14-6-9(13)7-15-12/h2-3,6-7,10H,4-5,8H2,1H3. The van der Waals surface area contributed by atoms with E-state index in [0.717, 1.165) is 10.9 Å². The Hall–Kier alpha value is -1.43. The zero-order valence-corrected chi connectivity index (χ0v) is 11.6. The number of allylic oxidation sites excluding steroid dienone is 1. The lowest BCUT2D eigenvalue weighted by molar-refractivity contribution is -0.125. The molecule has 2 rings (SSSR count). The van der Waals surface area contributed by atoms with E-state index in [0.29, 0.717) is 19.1 Å². The maximum absolute atomic E-state index is 11.6. The fourth-order valence-corrected chi connectivity index (χ4v) is 1.99. The number of ether oxygens (including phenoxy) is 1. The molecule has 1 aliphatic rings. The molecule has 18 heavy (non-hydrogen) atoms. The third-order valence-electron chi connectivity index (χ3n) is 2.63. The zero-order chi connectivity index (χ0) is 13.0. The Labute approximate surface area is 114 Å². The molecule has 1 unspecified atom stereocenters. The van der Waals surface area contributed by atoms with E-state index in [9.17, 15) is 4.79 Å². The first kappa shape index (κ1) is 13.0. The number of rotatable bonds is 3. The van der Waals surface area contributed by atoms with Gasteiger partial charge >= 0.3 is 6.01 Å². The van der Waals surface area contributed by atoms with Crippen LogP contribution in [0, 0.1) is 0 Å². The molecular formula is C12H14BrN3O2. The molecule has 1 fully saturated rings. The van der Waals surface area contributed by atoms with E-state index < -0.39 is 0 Å². The first-order valence-electron chi connectivity index (χ1n) is 5.75. The highest BCUT2D eigenvalue weighted by atomic mass is 79.9. The molecule has 5 nitrogen and oxygen atoms in total. The first-order valence-corrected chi connectivity index (χ1v) is 6.54. The highest BCUT2D eigenvalue weighted by molar-refractivity contribution is 9.10. The molecule has 0 spiro atoms. The van der Waals surface area contributed by atoms with Gasteiger partial charge in [0.15, 0.2) is 0 Å². The molecule has 0 aliphatic carbocycles. The van der Waals surface area contributed by atoms with E-state index in [1.54, 1.807) is 29.4 Å². The minimum Gasteiger partial charge on any atom is -0.458 e. The van der Waals surface area contributed by atoms with Crippen LogP contribution in [0.25, 0.3) is 0 Å². The van der Waals surface area contributed by atoms with Crippen molar-refractivity contribution in [1.29, 1.82) is 0 Å². The van der Waals surface area contributed by atoms with Crippen LogP contribution in [0.1, 0.15) is 13.3 Å². The molecule has 1 saturated heterocycles. The zero-order valence-electron chi connectivity index (χ0n) is 10.0. The Morgan fingerprint density at radius 1 is 1.56 bits per heavy atom. The Balaban J connectivity index is 1.89. The van der Waals surface area contributed by atoms with Crippen molar-refractivity contribution < 1.29 is 9.53 Å². The number of carbonyl (C=O) groups is 1. The summed E-state index contributed by atoms with van der Waals surface area (Å²) < 4.78 is 6.44. The number of likely N-dealkylation sites (tertiary alicyclic amines) is 1. The van der Waals surface area contributed by atoms with Gasteiger partial charge in [-0.25, -0.2) is 9.97 Å². The molecule has 1 aliphatic heterocycles. The van der Waals surface area contributed by atoms with Crippen LogP contribution in [0.5, 0.6) is 6.01 Å². The Kier molecular flexibility index (Phi) is 4.30. The summed E-state index contributed by atoms with van der Waals surface area (Å²) in [5.74, 6) is 0.0281. The van der Waals surface area contributed by atoms with Gasteiger partial charge in [-0.3, -0.25) is 4.79 Å². The third kappa shape index (κ3) is 3.29. The van der Waals surface area contributed by atoms with Crippen molar-refractivity contribution in [2.45, 2.75) is 19.4 Å². The second-order valence-corrected chi connectivity index (χ2v) is 4.91. The molecule has 6 heteroatoms. The van der Waals surface area contributed by atoms with Crippen molar-refractivity contribution in [3.8, 4) is 6.01 Å². The van der Waals surface area contributed by atoms with Gasteiger partial charge in [-0.1, -0.05) is 6.08 Å². The minimum absolute atomic E-state index is 0.0274. The van der Waals surface area contributed by atoms with E-state index in [1.165, 1.54) is 0 Å². The van der Waals surface area contributed by atoms with Gasteiger partial charge < -0.3 is 9.64 Å². The molecule has 1 amide bonds. The van der Waals surface area contributed by atoms with E-state index in [2.05, 4.69) is 25.9 Å². The molecule has 1 atom stereocenters. The molecule has 2 heterocycles. The lowest BCUT2D eigenvalue weighted by Crippen LogP contribution is -2.29. The number of hydrogen-bond donors (Lipinski definition) is 0. The van der Waals surface area contributed by atoms with Crippen LogP contribution >= 0.6 is 15.9 Å². The second-order valence-electron chi connectivity index (χ2n) is 4.00. The SMILES string of the molecule is CC=CC(=O)N1CCC(Oc2ncc(Br)cn2)C1. The highest BCUT2D eigenvalue weighted by Gasteiger charge is 2.26. The predicted octanol–water partition coefficient (Wildman–Crippen LogP) is 1.79. The van der Waals surface area contributed by atoms with Crippen LogP contribution < -0.4 is 4.74 Å². The van der Waals surface area contributed by atoms with Gasteiger partial charge in [0.1, 0.15) is 6.10 Å². The first-order chi connectivity index (χ1) is 8.69. The normalized spacial score (nSPS) is 19.4. The van der Waals surface area contributed by atoms with Crippen LogP contribution in [0.3, 0.4) is 0 Å². The molecule has 96 valence electrons. The molecular weight excluding hydrogens is 298 g/mol. The fraction of sp³-hybridized carbons (Fsp3) is 0.417. The lowest BCUT2D eigenvalue weighted by Gasteiger charge is -2.14. The Morgan fingerprint density at radius 2 is 2.28 bits per heavy atom. The summed E-state index contributed by atoms with van der Waals surface area (Å²) in [7, 11) is 0. The molecule has 1 aromatic rings. The lowest BCUT2D eigenvalue weighted by atomic mass is 10.3. The molecule has 1 aromatic heterocycles. The summed E-state index contributed by atoms with van der Waals surface area (Å²) in [4.78, 5) is 21.5. The predicted molar refractivity (Wildman–Crippen MR) is 70.2 cm³/mol. The molecule has 0 bridgehead atoms. The summed E-state index contributed by atoms with van der Waals surface area (Å²) in [6.07, 6.45) is 7.37. The molecule has 0 N–H and O–H groups in total. The van der Waals surface area contributed by atoms with Gasteiger partial charge in [0.05, 0.1) is 11.0 Å². The summed E-state index contributed by atoms with van der Waals surface area (Å²) >= 11 is 3.26. The average molecular weight is 312 g/mol. The summed E-state index contributed by atoms with van der Waals surface area (Å²) in [6, 6.07) is 0.350. The molecule has 0 aromatic carbocycles. The largest absolute Gasteiger partial charge is 0.458 e. The Bertz CT molecular complexity index is 447. The monoisotopic (exact) mass is 311 g/mol. The van der Waals surface area contributed by atoms with Crippen LogP contribution in [0.4, 0.5) is 0 Å². The topological polar surface area (TPSA) is 55.3 Å². The highest BCUT2D eigenvalue weighted by Crippen LogP contribution is 2.16. The van der Waals surface area contributed by atoms with E-state index >= 15 is 0 Å². The van der Waals surface area contributed by atoms with Crippen LogP contribution in [-0.4, -0.2) is 40.0 Å². The van der Waals surface area contributed by atoms with Crippen molar-refractivity contribution in [2.75, 3.05) is 13.1 Å². The van der Waals surface area contributed by atoms with Crippen LogP contribution in [0.2, 0.25) is 0 Å². The fourth-order valence-electron chi connectivity index (χ4n) is 1.78. The van der Waals surface area contributed by atoms with Crippen molar-refractivity contribution in [3.05, 3.63) is 29.0 Å². The van der Waals surface area contributed by atoms with Gasteiger partial charge in [0.2, 0.25) is 5.91 Å². The number of amides is 1. The van der Waals surface area contributed by atoms with Gasteiger partial charge in [-0.05, 0) is 28.9 Å². The van der Waals surface area contributed by atoms with E-state index in [4.69, 9.17) is 4.74 Å². The smallest absolute Gasteiger partial charge is 0.316 e. The van der Waals surface area contributed by atoms with Crippen LogP contribution in [-0.2, 0) is 4.79 Å². The summed E-state index contributed by atoms with van der Waals surface area (Å²) in [5.41, 5.74) is 0. The van der Waals surface area contributed by atoms with E-state index in [1.807, 2.05) is 6.92 Å². The second kappa shape index (κ2) is 5.95. The van der Waals surface area contributed by atoms with Gasteiger partial charge in [-0.15, -0.1) is 0 Å². The van der Waals surface area contributed by atoms with Crippen LogP contribution in [0.15, 0.2) is 29.0 Å². The number of hydrogen-bond acceptors (Lipinski definition) is 4. The Morgan fingerprint density at radius 3 is 2.94 bits per heavy atom. The molecule has 0 radical (unpaired) electrons. The summed E-state index contributed by atoms with van der Waals surface area (Å²) in [6.45, 7) is 3.13. The van der Waals surface area contributed by atoms with E-state index in [-0.39, 0.29) is 12.0 Å². The third-order valence-corrected chi connectivity index (χ3v) is 3.04. The van der Waals surface area contributed by atoms with Crippen molar-refractivity contribution >= 4 is 21.8 Å². The minimum atomic E-state index is -0.0274. The number of carbonyl (C=O) groups excluding carboxylic acids is 1. The van der Waals surface area contributed by atoms with Gasteiger partial charge in [-0.2, -0.15) is 0 Å². The van der Waals surface area contributed by atoms with Crippen molar-refractivity contribution in [2.24, 2.45) is 0 Å².